The monoisotopic (exact) mass is 541 g/mol. The number of anilines is 1. The maximum Gasteiger partial charge on any atom is 0.253 e. The lowest BCUT2D eigenvalue weighted by molar-refractivity contribution is -0.113. The van der Waals surface area contributed by atoms with Crippen LogP contribution in [0, 0.1) is 11.3 Å². The molecule has 3 rings (SSSR count). The van der Waals surface area contributed by atoms with Gasteiger partial charge in [0.05, 0.1) is 6.61 Å². The van der Waals surface area contributed by atoms with Crippen molar-refractivity contribution in [2.24, 2.45) is 0 Å². The van der Waals surface area contributed by atoms with Gasteiger partial charge in [0.25, 0.3) is 5.91 Å². The van der Waals surface area contributed by atoms with Crippen LogP contribution in [0.3, 0.4) is 0 Å². The predicted molar refractivity (Wildman–Crippen MR) is 160 cm³/mol. The van der Waals surface area contributed by atoms with Crippen LogP contribution in [-0.2, 0) is 14.6 Å². The molecule has 0 bridgehead atoms. The van der Waals surface area contributed by atoms with Crippen molar-refractivity contribution in [1.82, 2.24) is 4.98 Å². The molecule has 1 heterocycles. The Bertz CT molecular complexity index is 1390. The smallest absolute Gasteiger partial charge is 0.253 e. The number of carbonyl (C=O) groups excluding carboxylic acids is 1. The van der Waals surface area contributed by atoms with Gasteiger partial charge in [0.15, 0.2) is 8.32 Å². The van der Waals surface area contributed by atoms with E-state index in [4.69, 9.17) is 14.4 Å². The first kappa shape index (κ1) is 29.8. The van der Waals surface area contributed by atoms with Crippen LogP contribution in [0.4, 0.5) is 5.69 Å². The van der Waals surface area contributed by atoms with Crippen LogP contribution in [-0.4, -0.2) is 25.8 Å². The lowest BCUT2D eigenvalue weighted by Crippen LogP contribution is -2.41. The topological polar surface area (TPSA) is 84.2 Å². The summed E-state index contributed by atoms with van der Waals surface area (Å²) in [5.74, 6) is 0.890. The molecule has 1 aromatic heterocycles. The number of rotatable bonds is 8. The van der Waals surface area contributed by atoms with Gasteiger partial charge in [0.1, 0.15) is 23.3 Å². The van der Waals surface area contributed by atoms with Gasteiger partial charge < -0.3 is 14.5 Å². The zero-order valence-electron chi connectivity index (χ0n) is 24.3. The third-order valence-corrected chi connectivity index (χ3v) is 11.4. The SMILES string of the molecule is CC(C)(C)c1cccc(NC(=O)/C(=C/c2cccc(Oc3ccnc(C#N)c3)c2)CO[Si](C)(C)C(C)(C)C)c1. The summed E-state index contributed by atoms with van der Waals surface area (Å²) in [6.45, 7) is 17.5. The van der Waals surface area contributed by atoms with Gasteiger partial charge in [-0.25, -0.2) is 4.98 Å². The minimum atomic E-state index is -2.11. The molecule has 0 unspecified atom stereocenters. The molecule has 39 heavy (non-hydrogen) atoms. The molecule has 0 aliphatic heterocycles. The Morgan fingerprint density at radius 2 is 1.69 bits per heavy atom. The van der Waals surface area contributed by atoms with Crippen molar-refractivity contribution in [1.29, 1.82) is 5.26 Å². The molecule has 0 saturated carbocycles. The molecule has 2 aromatic carbocycles. The number of pyridine rings is 1. The largest absolute Gasteiger partial charge is 0.457 e. The Morgan fingerprint density at radius 1 is 1.00 bits per heavy atom. The standard InChI is InChI=1S/C32H39N3O3Si/c1-31(2,3)25-12-10-13-26(19-25)35-30(36)24(22-37-39(7,8)32(4,5)6)17-23-11-9-14-28(18-23)38-29-15-16-34-27(20-29)21-33/h9-20H,22H2,1-8H3,(H,35,36)/b24-17+. The number of hydrogen-bond donors (Lipinski definition) is 1. The molecule has 1 amide bonds. The number of nitriles is 1. The number of benzene rings is 2. The number of hydrogen-bond acceptors (Lipinski definition) is 5. The summed E-state index contributed by atoms with van der Waals surface area (Å²) < 4.78 is 12.4. The van der Waals surface area contributed by atoms with Crippen LogP contribution in [0.5, 0.6) is 11.5 Å². The maximum atomic E-state index is 13.6. The Morgan fingerprint density at radius 3 is 2.36 bits per heavy atom. The zero-order chi connectivity index (χ0) is 28.8. The highest BCUT2D eigenvalue weighted by Gasteiger charge is 2.37. The van der Waals surface area contributed by atoms with E-state index in [-0.39, 0.29) is 28.7 Å². The normalized spacial score (nSPS) is 12.5. The van der Waals surface area contributed by atoms with Gasteiger partial charge in [0, 0.05) is 23.5 Å². The summed E-state index contributed by atoms with van der Waals surface area (Å²) in [6.07, 6.45) is 3.38. The van der Waals surface area contributed by atoms with Gasteiger partial charge in [0.2, 0.25) is 0 Å². The lowest BCUT2D eigenvalue weighted by Gasteiger charge is -2.36. The van der Waals surface area contributed by atoms with E-state index >= 15 is 0 Å². The van der Waals surface area contributed by atoms with Crippen molar-refractivity contribution in [2.75, 3.05) is 11.9 Å². The third kappa shape index (κ3) is 8.38. The molecule has 0 atom stereocenters. The summed E-state index contributed by atoms with van der Waals surface area (Å²) >= 11 is 0. The molecule has 0 fully saturated rings. The van der Waals surface area contributed by atoms with Crippen molar-refractivity contribution < 1.29 is 14.0 Å². The second-order valence-electron chi connectivity index (χ2n) is 12.2. The number of nitrogens with zero attached hydrogens (tertiary/aromatic N) is 2. The van der Waals surface area contributed by atoms with E-state index in [2.05, 4.69) is 71.0 Å². The van der Waals surface area contributed by atoms with Crippen LogP contribution in [0.15, 0.2) is 72.4 Å². The van der Waals surface area contributed by atoms with E-state index in [1.54, 1.807) is 12.1 Å². The molecular formula is C32H39N3O3Si. The number of ether oxygens (including phenoxy) is 1. The molecule has 3 aromatic rings. The minimum Gasteiger partial charge on any atom is -0.457 e. The first-order valence-electron chi connectivity index (χ1n) is 13.1. The molecule has 1 N–H and O–H groups in total. The molecule has 204 valence electrons. The summed E-state index contributed by atoms with van der Waals surface area (Å²) in [7, 11) is -2.11. The average molecular weight is 542 g/mol. The van der Waals surface area contributed by atoms with Crippen LogP contribution in [0.1, 0.15) is 58.4 Å². The lowest BCUT2D eigenvalue weighted by atomic mass is 9.87. The highest BCUT2D eigenvalue weighted by atomic mass is 28.4. The fraction of sp³-hybridized carbons (Fsp3) is 0.344. The number of aromatic nitrogens is 1. The summed E-state index contributed by atoms with van der Waals surface area (Å²) in [4.78, 5) is 17.6. The average Bonchev–Trinajstić information content (AvgIpc) is 2.86. The van der Waals surface area contributed by atoms with Crippen molar-refractivity contribution in [3.8, 4) is 17.6 Å². The van der Waals surface area contributed by atoms with Crippen LogP contribution >= 0.6 is 0 Å². The van der Waals surface area contributed by atoms with Crippen molar-refractivity contribution in [3.63, 3.8) is 0 Å². The quantitative estimate of drug-likeness (QED) is 0.230. The predicted octanol–water partition coefficient (Wildman–Crippen LogP) is 8.09. The third-order valence-electron chi connectivity index (χ3n) is 6.95. The highest BCUT2D eigenvalue weighted by Crippen LogP contribution is 2.37. The van der Waals surface area contributed by atoms with Crippen LogP contribution < -0.4 is 10.1 Å². The Kier molecular flexibility index (Phi) is 9.16. The molecule has 6 nitrogen and oxygen atoms in total. The van der Waals surface area contributed by atoms with Gasteiger partial charge in [-0.15, -0.1) is 0 Å². The van der Waals surface area contributed by atoms with Crippen molar-refractivity contribution >= 4 is 26.0 Å². The van der Waals surface area contributed by atoms with Gasteiger partial charge in [-0.05, 0) is 71.1 Å². The minimum absolute atomic E-state index is 0.0101. The van der Waals surface area contributed by atoms with Gasteiger partial charge in [-0.3, -0.25) is 4.79 Å². The zero-order valence-corrected chi connectivity index (χ0v) is 25.3. The number of nitrogens with one attached hydrogen (secondary N) is 1. The molecular weight excluding hydrogens is 502 g/mol. The van der Waals surface area contributed by atoms with E-state index in [0.29, 0.717) is 17.1 Å². The number of amides is 1. The fourth-order valence-corrected chi connectivity index (χ4v) is 4.41. The fourth-order valence-electron chi connectivity index (χ4n) is 3.46. The van der Waals surface area contributed by atoms with Crippen molar-refractivity contribution in [3.05, 3.63) is 89.3 Å². The van der Waals surface area contributed by atoms with E-state index in [1.807, 2.05) is 54.6 Å². The van der Waals surface area contributed by atoms with Gasteiger partial charge in [-0.2, -0.15) is 5.26 Å². The highest BCUT2D eigenvalue weighted by molar-refractivity contribution is 6.74. The van der Waals surface area contributed by atoms with Gasteiger partial charge in [-0.1, -0.05) is 65.8 Å². The van der Waals surface area contributed by atoms with Crippen LogP contribution in [0.2, 0.25) is 18.1 Å². The van der Waals surface area contributed by atoms with E-state index in [9.17, 15) is 4.79 Å². The van der Waals surface area contributed by atoms with Gasteiger partial charge >= 0.3 is 0 Å². The van der Waals surface area contributed by atoms with E-state index in [0.717, 1.165) is 16.8 Å². The summed E-state index contributed by atoms with van der Waals surface area (Å²) in [6, 6.07) is 20.7. The first-order valence-corrected chi connectivity index (χ1v) is 16.0. The van der Waals surface area contributed by atoms with Crippen molar-refractivity contribution in [2.45, 2.75) is 65.1 Å². The van der Waals surface area contributed by atoms with E-state index < -0.39 is 8.32 Å². The summed E-state index contributed by atoms with van der Waals surface area (Å²) in [5.41, 5.74) is 3.45. The Labute approximate surface area is 233 Å². The molecule has 0 radical (unpaired) electrons. The first-order chi connectivity index (χ1) is 18.2. The molecule has 0 aliphatic rings. The Balaban J connectivity index is 1.91. The molecule has 7 heteroatoms. The molecule has 0 spiro atoms. The molecule has 0 aliphatic carbocycles. The van der Waals surface area contributed by atoms with E-state index in [1.165, 1.54) is 6.20 Å². The van der Waals surface area contributed by atoms with Crippen LogP contribution in [0.25, 0.3) is 6.08 Å². The maximum absolute atomic E-state index is 13.6. The number of carbonyl (C=O) groups is 1. The second kappa shape index (κ2) is 12.0. The molecule has 0 saturated heterocycles. The Hall–Kier alpha value is -3.73. The summed E-state index contributed by atoms with van der Waals surface area (Å²) in [5, 5.41) is 12.2. The second-order valence-corrected chi connectivity index (χ2v) is 17.0.